The molecule has 25 heavy (non-hydrogen) atoms. The van der Waals surface area contributed by atoms with Gasteiger partial charge in [0.2, 0.25) is 0 Å². The molecule has 128 valence electrons. The second-order valence-electron chi connectivity index (χ2n) is 4.99. The van der Waals surface area contributed by atoms with Crippen LogP contribution in [0.3, 0.4) is 0 Å². The highest BCUT2D eigenvalue weighted by Gasteiger charge is 2.14. The standard InChI is InChI=1S/C16H13ClN4O4/c1-10-3-2-4-12(7-10)19-15(22)16(23)20-18-9-11-5-6-13(17)14(8-11)21(24)25/h2-9H,1H3,(H,19,22)(H,20,23). The minimum Gasteiger partial charge on any atom is -0.318 e. The summed E-state index contributed by atoms with van der Waals surface area (Å²) in [5.74, 6) is -1.86. The second kappa shape index (κ2) is 8.02. The number of nitro benzene ring substituents is 1. The van der Waals surface area contributed by atoms with Crippen LogP contribution in [-0.2, 0) is 9.59 Å². The summed E-state index contributed by atoms with van der Waals surface area (Å²) in [6.07, 6.45) is 1.17. The zero-order chi connectivity index (χ0) is 18.4. The van der Waals surface area contributed by atoms with Crippen LogP contribution in [0.2, 0.25) is 5.02 Å². The van der Waals surface area contributed by atoms with Crippen molar-refractivity contribution < 1.29 is 14.5 Å². The number of anilines is 1. The fraction of sp³-hybridized carbons (Fsp3) is 0.0625. The maximum Gasteiger partial charge on any atom is 0.329 e. The van der Waals surface area contributed by atoms with E-state index in [2.05, 4.69) is 10.4 Å². The first-order valence-corrected chi connectivity index (χ1v) is 7.39. The number of amides is 2. The molecule has 0 aliphatic rings. The summed E-state index contributed by atoms with van der Waals surface area (Å²) < 4.78 is 0. The van der Waals surface area contributed by atoms with E-state index in [0.29, 0.717) is 11.3 Å². The maximum absolute atomic E-state index is 11.8. The van der Waals surface area contributed by atoms with Gasteiger partial charge in [-0.1, -0.05) is 29.8 Å². The first-order chi connectivity index (χ1) is 11.9. The fourth-order valence-corrected chi connectivity index (χ4v) is 2.06. The van der Waals surface area contributed by atoms with E-state index in [1.165, 1.54) is 24.4 Å². The van der Waals surface area contributed by atoms with Gasteiger partial charge in [-0.3, -0.25) is 19.7 Å². The van der Waals surface area contributed by atoms with Gasteiger partial charge >= 0.3 is 11.8 Å². The highest BCUT2D eigenvalue weighted by molar-refractivity contribution is 6.39. The monoisotopic (exact) mass is 360 g/mol. The predicted octanol–water partition coefficient (Wildman–Crippen LogP) is 2.65. The van der Waals surface area contributed by atoms with Gasteiger partial charge in [0.05, 0.1) is 11.1 Å². The molecule has 2 amide bonds. The van der Waals surface area contributed by atoms with Crippen LogP contribution in [0.15, 0.2) is 47.6 Å². The first kappa shape index (κ1) is 18.1. The average molecular weight is 361 g/mol. The van der Waals surface area contributed by atoms with Crippen molar-refractivity contribution in [3.63, 3.8) is 0 Å². The Balaban J connectivity index is 1.97. The molecule has 0 heterocycles. The SMILES string of the molecule is Cc1cccc(NC(=O)C(=O)NN=Cc2ccc(Cl)c([N+](=O)[O-])c2)c1. The summed E-state index contributed by atoms with van der Waals surface area (Å²) in [6, 6.07) is 11.0. The summed E-state index contributed by atoms with van der Waals surface area (Å²) >= 11 is 5.70. The molecule has 0 bridgehead atoms. The molecular formula is C16H13ClN4O4. The lowest BCUT2D eigenvalue weighted by atomic mass is 10.2. The van der Waals surface area contributed by atoms with E-state index in [1.54, 1.807) is 18.2 Å². The number of nitrogens with zero attached hydrogens (tertiary/aromatic N) is 2. The van der Waals surface area contributed by atoms with Crippen LogP contribution in [-0.4, -0.2) is 23.0 Å². The lowest BCUT2D eigenvalue weighted by molar-refractivity contribution is -0.384. The topological polar surface area (TPSA) is 114 Å². The first-order valence-electron chi connectivity index (χ1n) is 7.02. The largest absolute Gasteiger partial charge is 0.329 e. The summed E-state index contributed by atoms with van der Waals surface area (Å²) in [4.78, 5) is 33.6. The van der Waals surface area contributed by atoms with Crippen LogP contribution >= 0.6 is 11.6 Å². The molecule has 0 radical (unpaired) electrons. The van der Waals surface area contributed by atoms with Crippen molar-refractivity contribution in [1.29, 1.82) is 0 Å². The van der Waals surface area contributed by atoms with Crippen molar-refractivity contribution in [3.8, 4) is 0 Å². The molecule has 0 unspecified atom stereocenters. The number of nitro groups is 1. The fourth-order valence-electron chi connectivity index (χ4n) is 1.88. The molecule has 8 nitrogen and oxygen atoms in total. The minimum atomic E-state index is -0.971. The molecule has 0 aliphatic heterocycles. The van der Waals surface area contributed by atoms with Gasteiger partial charge in [-0.2, -0.15) is 5.10 Å². The maximum atomic E-state index is 11.8. The van der Waals surface area contributed by atoms with E-state index in [9.17, 15) is 19.7 Å². The summed E-state index contributed by atoms with van der Waals surface area (Å²) in [7, 11) is 0. The minimum absolute atomic E-state index is 0.0104. The third kappa shape index (κ3) is 5.11. The van der Waals surface area contributed by atoms with Gasteiger partial charge in [0.25, 0.3) is 5.69 Å². The highest BCUT2D eigenvalue weighted by atomic mass is 35.5. The summed E-state index contributed by atoms with van der Waals surface area (Å²) in [5.41, 5.74) is 3.52. The van der Waals surface area contributed by atoms with Crippen LogP contribution < -0.4 is 10.7 Å². The molecule has 0 spiro atoms. The molecule has 2 rings (SSSR count). The van der Waals surface area contributed by atoms with Gasteiger partial charge in [0.1, 0.15) is 5.02 Å². The number of benzene rings is 2. The average Bonchev–Trinajstić information content (AvgIpc) is 2.56. The molecule has 0 saturated carbocycles. The Morgan fingerprint density at radius 1 is 1.20 bits per heavy atom. The van der Waals surface area contributed by atoms with E-state index < -0.39 is 16.7 Å². The van der Waals surface area contributed by atoms with Gasteiger partial charge in [0.15, 0.2) is 0 Å². The van der Waals surface area contributed by atoms with Crippen molar-refractivity contribution in [3.05, 3.63) is 68.7 Å². The van der Waals surface area contributed by atoms with Crippen LogP contribution in [0, 0.1) is 17.0 Å². The van der Waals surface area contributed by atoms with Crippen molar-refractivity contribution in [2.75, 3.05) is 5.32 Å². The molecule has 0 atom stereocenters. The quantitative estimate of drug-likeness (QED) is 0.377. The number of rotatable bonds is 4. The highest BCUT2D eigenvalue weighted by Crippen LogP contribution is 2.24. The lowest BCUT2D eigenvalue weighted by Crippen LogP contribution is -2.32. The normalized spacial score (nSPS) is 10.5. The molecule has 0 aliphatic carbocycles. The van der Waals surface area contributed by atoms with E-state index in [4.69, 9.17) is 11.6 Å². The van der Waals surface area contributed by atoms with E-state index >= 15 is 0 Å². The number of hydrogen-bond donors (Lipinski definition) is 2. The molecule has 0 saturated heterocycles. The number of hydrogen-bond acceptors (Lipinski definition) is 5. The van der Waals surface area contributed by atoms with Crippen LogP contribution in [0.1, 0.15) is 11.1 Å². The van der Waals surface area contributed by atoms with Crippen molar-refractivity contribution in [1.82, 2.24) is 5.43 Å². The van der Waals surface area contributed by atoms with Gasteiger partial charge in [0, 0.05) is 17.3 Å². The van der Waals surface area contributed by atoms with Crippen LogP contribution in [0.4, 0.5) is 11.4 Å². The Labute approximate surface area is 147 Å². The smallest absolute Gasteiger partial charge is 0.318 e. The van der Waals surface area contributed by atoms with Gasteiger partial charge < -0.3 is 5.32 Å². The van der Waals surface area contributed by atoms with E-state index in [1.807, 2.05) is 18.4 Å². The molecule has 2 aromatic carbocycles. The Morgan fingerprint density at radius 3 is 2.64 bits per heavy atom. The predicted molar refractivity (Wildman–Crippen MR) is 93.7 cm³/mol. The molecule has 0 aromatic heterocycles. The lowest BCUT2D eigenvalue weighted by Gasteiger charge is -2.04. The number of carbonyl (C=O) groups excluding carboxylic acids is 2. The van der Waals surface area contributed by atoms with Crippen molar-refractivity contribution in [2.24, 2.45) is 5.10 Å². The summed E-state index contributed by atoms with van der Waals surface area (Å²) in [6.45, 7) is 1.85. The molecule has 2 aromatic rings. The number of aryl methyl sites for hydroxylation is 1. The number of carbonyl (C=O) groups is 2. The summed E-state index contributed by atoms with van der Waals surface area (Å²) in [5, 5.41) is 16.8. The Bertz CT molecular complexity index is 867. The van der Waals surface area contributed by atoms with Gasteiger partial charge in [-0.25, -0.2) is 5.43 Å². The van der Waals surface area contributed by atoms with Gasteiger partial charge in [-0.15, -0.1) is 0 Å². The number of nitrogens with one attached hydrogen (secondary N) is 2. The van der Waals surface area contributed by atoms with Crippen LogP contribution in [0.25, 0.3) is 0 Å². The van der Waals surface area contributed by atoms with E-state index in [-0.39, 0.29) is 10.7 Å². The zero-order valence-electron chi connectivity index (χ0n) is 13.0. The molecule has 9 heteroatoms. The number of halogens is 1. The van der Waals surface area contributed by atoms with Crippen molar-refractivity contribution >= 4 is 41.0 Å². The van der Waals surface area contributed by atoms with E-state index in [0.717, 1.165) is 5.56 Å². The Kier molecular flexibility index (Phi) is 5.80. The Hall–Kier alpha value is -3.26. The zero-order valence-corrected chi connectivity index (χ0v) is 13.8. The van der Waals surface area contributed by atoms with Crippen LogP contribution in [0.5, 0.6) is 0 Å². The molecule has 0 fully saturated rings. The number of hydrazone groups is 1. The third-order valence-corrected chi connectivity index (χ3v) is 3.35. The Morgan fingerprint density at radius 2 is 1.96 bits per heavy atom. The third-order valence-electron chi connectivity index (χ3n) is 3.03. The molecular weight excluding hydrogens is 348 g/mol. The second-order valence-corrected chi connectivity index (χ2v) is 5.40. The van der Waals surface area contributed by atoms with Gasteiger partial charge in [-0.05, 0) is 30.7 Å². The van der Waals surface area contributed by atoms with Crippen molar-refractivity contribution in [2.45, 2.75) is 6.92 Å². The molecule has 2 N–H and O–H groups in total.